The molecule has 37 heavy (non-hydrogen) atoms. The minimum absolute atomic E-state index is 1.19. The molecular weight excluding hydrogens is 674 g/mol. The Morgan fingerprint density at radius 3 is 0.432 bits per heavy atom. The molecule has 19 nitrogen and oxygen atoms in total. The van der Waals surface area contributed by atoms with Crippen molar-refractivity contribution in [3.8, 4) is 0 Å². The van der Waals surface area contributed by atoms with Gasteiger partial charge in [0, 0.05) is 0 Å². The fraction of sp³-hybridized carbons (Fsp3) is 1.00. The highest BCUT2D eigenvalue weighted by atomic mass is 31.2. The topological polar surface area (TPSA) is 348 Å². The second-order valence-corrected chi connectivity index (χ2v) is 10.1. The molecule has 0 aromatic rings. The van der Waals surface area contributed by atoms with Crippen LogP contribution in [0.2, 0.25) is 0 Å². The monoisotopic (exact) mass is 701 g/mol. The molecule has 0 bridgehead atoms. The molecule has 0 heterocycles. The molecule has 0 fully saturated rings. The fourth-order valence-electron chi connectivity index (χ4n) is 0.671. The molecule has 0 amide bonds. The first-order valence-corrected chi connectivity index (χ1v) is 16.6. The van der Waals surface area contributed by atoms with E-state index in [0.29, 0.717) is 0 Å². The van der Waals surface area contributed by atoms with Crippen LogP contribution in [0.5, 0.6) is 0 Å². The minimum Gasteiger partial charge on any atom is -0.304 e. The van der Waals surface area contributed by atoms with Gasteiger partial charge in [0.25, 0.3) is 0 Å². The third kappa shape index (κ3) is 1040. The maximum atomic E-state index is 10.4. The van der Waals surface area contributed by atoms with E-state index in [0.717, 1.165) is 0 Å². The standard InChI is InChI=1S/C6H15N.6FH2O3P/c1-4-7(5-2)6-3;6*1-5(2,3)4/h4-6H2,1-3H3;6*(H2,2,3,4). The van der Waals surface area contributed by atoms with Crippen LogP contribution >= 0.6 is 47.4 Å². The third-order valence-corrected chi connectivity index (χ3v) is 1.34. The first kappa shape index (κ1) is 53.7. The Labute approximate surface area is 204 Å². The Morgan fingerprint density at radius 1 is 0.378 bits per heavy atom. The molecule has 0 rings (SSSR count). The first-order valence-electron chi connectivity index (χ1n) is 7.58. The number of halogens is 6. The lowest BCUT2D eigenvalue weighted by molar-refractivity contribution is 0.320. The van der Waals surface area contributed by atoms with E-state index in [-0.39, 0.29) is 0 Å². The van der Waals surface area contributed by atoms with Gasteiger partial charge >= 0.3 is 47.4 Å². The Bertz CT molecular complexity index is 583. The van der Waals surface area contributed by atoms with Crippen molar-refractivity contribution in [3.63, 3.8) is 0 Å². The highest BCUT2D eigenvalue weighted by molar-refractivity contribution is 7.46. The molecule has 0 aliphatic heterocycles. The van der Waals surface area contributed by atoms with Crippen molar-refractivity contribution in [3.05, 3.63) is 0 Å². The smallest absolute Gasteiger partial charge is 0.304 e. The van der Waals surface area contributed by atoms with Gasteiger partial charge in [-0.25, -0.2) is 27.4 Å². The van der Waals surface area contributed by atoms with E-state index in [4.69, 9.17) is 86.1 Å². The summed E-state index contributed by atoms with van der Waals surface area (Å²) in [5.74, 6) is 0. The maximum absolute atomic E-state index is 10.4. The van der Waals surface area contributed by atoms with Crippen molar-refractivity contribution >= 4 is 47.4 Å². The number of hydrogen-bond acceptors (Lipinski definition) is 7. The largest absolute Gasteiger partial charge is 0.507 e. The zero-order chi connectivity index (χ0) is 32.7. The van der Waals surface area contributed by atoms with Gasteiger partial charge in [-0.3, -0.25) is 58.7 Å². The van der Waals surface area contributed by atoms with Crippen molar-refractivity contribution in [1.29, 1.82) is 0 Å². The quantitative estimate of drug-likeness (QED) is 0.147. The summed E-state index contributed by atoms with van der Waals surface area (Å²) in [6, 6.07) is 0. The lowest BCUT2D eigenvalue weighted by Gasteiger charge is -2.13. The Kier molecular flexibility index (Phi) is 36.8. The van der Waals surface area contributed by atoms with E-state index in [2.05, 4.69) is 25.7 Å². The molecule has 12 N–H and O–H groups in total. The fourth-order valence-corrected chi connectivity index (χ4v) is 0.671. The van der Waals surface area contributed by atoms with Crippen LogP contribution in [0, 0.1) is 0 Å². The summed E-state index contributed by atoms with van der Waals surface area (Å²) in [5.41, 5.74) is 0. The van der Waals surface area contributed by atoms with Crippen molar-refractivity contribution < 1.29 is 111 Å². The van der Waals surface area contributed by atoms with Gasteiger partial charge in [-0.2, -0.15) is 0 Å². The Morgan fingerprint density at radius 2 is 0.432 bits per heavy atom. The molecule has 0 aliphatic rings. The van der Waals surface area contributed by atoms with E-state index in [1.807, 2.05) is 0 Å². The van der Waals surface area contributed by atoms with Gasteiger partial charge in [0.1, 0.15) is 0 Å². The molecule has 0 atom stereocenters. The molecule has 0 saturated carbocycles. The van der Waals surface area contributed by atoms with Crippen LogP contribution < -0.4 is 0 Å². The SMILES string of the molecule is CCN(CC)CC.O=P(O)(O)F.O=P(O)(O)F.O=P(O)(O)F.O=P(O)(O)F.O=P(O)(O)F.O=P(O)(O)F. The highest BCUT2D eigenvalue weighted by Gasteiger charge is 2.06. The van der Waals surface area contributed by atoms with E-state index >= 15 is 0 Å². The van der Waals surface area contributed by atoms with Gasteiger partial charge in [0.2, 0.25) is 0 Å². The summed E-state index contributed by atoms with van der Waals surface area (Å²) in [6.45, 7) is 10.1. The summed E-state index contributed by atoms with van der Waals surface area (Å²) in [4.78, 5) is 86.0. The number of hydrogen-bond donors (Lipinski definition) is 12. The predicted octanol–water partition coefficient (Wildman–Crippen LogP) is 1.64. The molecule has 0 saturated heterocycles. The van der Waals surface area contributed by atoms with Crippen LogP contribution in [0.4, 0.5) is 25.2 Å². The summed E-state index contributed by atoms with van der Waals surface area (Å²) in [7, 11) is -30.8. The van der Waals surface area contributed by atoms with Gasteiger partial charge in [-0.1, -0.05) is 20.8 Å². The van der Waals surface area contributed by atoms with Crippen LogP contribution in [0.1, 0.15) is 20.8 Å². The third-order valence-electron chi connectivity index (χ3n) is 1.34. The van der Waals surface area contributed by atoms with Gasteiger partial charge in [0.15, 0.2) is 0 Å². The molecule has 0 spiro atoms. The maximum Gasteiger partial charge on any atom is 0.507 e. The van der Waals surface area contributed by atoms with Crippen LogP contribution in [-0.4, -0.2) is 83.3 Å². The van der Waals surface area contributed by atoms with E-state index in [9.17, 15) is 25.2 Å². The van der Waals surface area contributed by atoms with Crippen LogP contribution in [0.3, 0.4) is 0 Å². The average Bonchev–Trinajstić information content (AvgIpc) is 2.37. The van der Waals surface area contributed by atoms with E-state index in [1.165, 1.54) is 19.6 Å². The average molecular weight is 701 g/mol. The summed E-state index contributed by atoms with van der Waals surface area (Å²) in [6.07, 6.45) is 0. The summed E-state index contributed by atoms with van der Waals surface area (Å²) >= 11 is 0. The lowest BCUT2D eigenvalue weighted by Crippen LogP contribution is -2.21. The number of nitrogens with zero attached hydrogens (tertiary/aromatic N) is 1. The van der Waals surface area contributed by atoms with Gasteiger partial charge in [-0.05, 0) is 19.6 Å². The Balaban J connectivity index is -0.0000000570. The van der Waals surface area contributed by atoms with Crippen LogP contribution in [0.15, 0.2) is 0 Å². The second-order valence-electron chi connectivity index (χ2n) is 4.46. The molecule has 0 aromatic carbocycles. The Hall–Kier alpha value is 0.440. The highest BCUT2D eigenvalue weighted by Crippen LogP contribution is 2.37. The minimum atomic E-state index is -5.14. The van der Waals surface area contributed by atoms with Crippen LogP contribution in [0.25, 0.3) is 0 Å². The van der Waals surface area contributed by atoms with Crippen LogP contribution in [-0.2, 0) is 27.4 Å². The molecule has 0 radical (unpaired) electrons. The van der Waals surface area contributed by atoms with Gasteiger partial charge < -0.3 is 4.90 Å². The lowest BCUT2D eigenvalue weighted by atomic mass is 10.5. The zero-order valence-electron chi connectivity index (χ0n) is 18.3. The van der Waals surface area contributed by atoms with E-state index < -0.39 is 47.4 Å². The van der Waals surface area contributed by atoms with Gasteiger partial charge in [0.05, 0.1) is 0 Å². The summed E-state index contributed by atoms with van der Waals surface area (Å²) < 4.78 is 114. The predicted molar refractivity (Wildman–Crippen MR) is 112 cm³/mol. The van der Waals surface area contributed by atoms with Crippen molar-refractivity contribution in [1.82, 2.24) is 4.90 Å². The zero-order valence-corrected chi connectivity index (χ0v) is 23.7. The first-order chi connectivity index (χ1) is 15.3. The molecular formula is C6H27F6NO18P6. The van der Waals surface area contributed by atoms with Crippen molar-refractivity contribution in [2.75, 3.05) is 19.6 Å². The van der Waals surface area contributed by atoms with Crippen molar-refractivity contribution in [2.24, 2.45) is 0 Å². The molecule has 0 aliphatic carbocycles. The normalized spacial score (nSPS) is 11.5. The summed E-state index contributed by atoms with van der Waals surface area (Å²) in [5, 5.41) is 0. The van der Waals surface area contributed by atoms with E-state index in [1.54, 1.807) is 0 Å². The molecule has 0 unspecified atom stereocenters. The number of rotatable bonds is 3. The van der Waals surface area contributed by atoms with Crippen molar-refractivity contribution in [2.45, 2.75) is 20.8 Å². The molecule has 236 valence electrons. The molecule has 0 aromatic heterocycles. The van der Waals surface area contributed by atoms with Gasteiger partial charge in [-0.15, -0.1) is 25.2 Å². The second kappa shape index (κ2) is 25.4. The molecule has 31 heteroatoms.